The normalized spacial score (nSPS) is 11.6. The lowest BCUT2D eigenvalue weighted by atomic mass is 10.2. The highest BCUT2D eigenvalue weighted by Crippen LogP contribution is 2.20. The summed E-state index contributed by atoms with van der Waals surface area (Å²) in [4.78, 5) is 12.1. The van der Waals surface area contributed by atoms with Crippen LogP contribution >= 0.6 is 11.6 Å². The van der Waals surface area contributed by atoms with E-state index in [1.54, 1.807) is 54.6 Å². The Morgan fingerprint density at radius 3 is 2.46 bits per heavy atom. The summed E-state index contributed by atoms with van der Waals surface area (Å²) in [6, 6.07) is 16.4. The zero-order valence-electron chi connectivity index (χ0n) is 14.6. The lowest BCUT2D eigenvalue weighted by Gasteiger charge is -2.06. The Balaban J connectivity index is 1.61. The van der Waals surface area contributed by atoms with Gasteiger partial charge in [-0.2, -0.15) is 0 Å². The molecule has 8 heteroatoms. The van der Waals surface area contributed by atoms with Gasteiger partial charge in [-0.05, 0) is 48.0 Å². The molecular formula is C20H17ClN2O4S. The van der Waals surface area contributed by atoms with E-state index in [4.69, 9.17) is 16.0 Å². The molecule has 2 aromatic carbocycles. The van der Waals surface area contributed by atoms with Crippen LogP contribution in [0.5, 0.6) is 0 Å². The summed E-state index contributed by atoms with van der Waals surface area (Å²) >= 11 is 6.00. The number of sulfonamides is 1. The number of carbonyl (C=O) groups excluding carboxylic acids is 1. The van der Waals surface area contributed by atoms with E-state index >= 15 is 0 Å². The average molecular weight is 417 g/mol. The molecule has 28 heavy (non-hydrogen) atoms. The lowest BCUT2D eigenvalue weighted by Crippen LogP contribution is -2.22. The highest BCUT2D eigenvalue weighted by atomic mass is 35.5. The van der Waals surface area contributed by atoms with Crippen molar-refractivity contribution in [1.29, 1.82) is 0 Å². The Bertz CT molecular complexity index is 1080. The van der Waals surface area contributed by atoms with Gasteiger partial charge in [-0.1, -0.05) is 35.9 Å². The number of amides is 1. The first kappa shape index (κ1) is 19.9. The molecule has 0 aliphatic rings. The molecule has 0 saturated heterocycles. The molecule has 0 bridgehead atoms. The standard InChI is InChI=1S/C20H17ClN2O4S/c21-18-5-1-2-6-19(18)23-20(24)12-9-15-7-10-17(11-8-15)28(25,26)22-14-16-4-3-13-27-16/h1-13,22H,14H2,(H,23,24). The first-order valence-electron chi connectivity index (χ1n) is 8.30. The van der Waals surface area contributed by atoms with Crippen LogP contribution in [0, 0.1) is 0 Å². The fourth-order valence-corrected chi connectivity index (χ4v) is 3.51. The summed E-state index contributed by atoms with van der Waals surface area (Å²) in [5.74, 6) is 0.178. The number of benzene rings is 2. The van der Waals surface area contributed by atoms with Crippen LogP contribution in [0.1, 0.15) is 11.3 Å². The van der Waals surface area contributed by atoms with Gasteiger partial charge in [-0.15, -0.1) is 0 Å². The number of furan rings is 1. The van der Waals surface area contributed by atoms with E-state index in [0.717, 1.165) is 0 Å². The minimum absolute atomic E-state index is 0.0687. The second-order valence-electron chi connectivity index (χ2n) is 5.78. The van der Waals surface area contributed by atoms with Crippen molar-refractivity contribution in [3.05, 3.63) is 89.3 Å². The zero-order valence-corrected chi connectivity index (χ0v) is 16.2. The predicted molar refractivity (Wildman–Crippen MR) is 108 cm³/mol. The molecule has 0 radical (unpaired) electrons. The van der Waals surface area contributed by atoms with Crippen molar-refractivity contribution in [2.45, 2.75) is 11.4 Å². The minimum atomic E-state index is -3.66. The summed E-state index contributed by atoms with van der Waals surface area (Å²) in [5.41, 5.74) is 1.20. The molecule has 1 heterocycles. The van der Waals surface area contributed by atoms with E-state index in [9.17, 15) is 13.2 Å². The second-order valence-corrected chi connectivity index (χ2v) is 7.95. The molecule has 144 valence electrons. The molecule has 1 amide bonds. The molecule has 3 aromatic rings. The van der Waals surface area contributed by atoms with E-state index in [-0.39, 0.29) is 17.3 Å². The van der Waals surface area contributed by atoms with E-state index in [1.165, 1.54) is 24.5 Å². The Kier molecular flexibility index (Phi) is 6.30. The molecule has 0 spiro atoms. The number of halogens is 1. The van der Waals surface area contributed by atoms with Gasteiger partial charge >= 0.3 is 0 Å². The van der Waals surface area contributed by atoms with Crippen LogP contribution in [0.2, 0.25) is 5.02 Å². The van der Waals surface area contributed by atoms with Crippen molar-refractivity contribution in [3.8, 4) is 0 Å². The topological polar surface area (TPSA) is 88.4 Å². The average Bonchev–Trinajstić information content (AvgIpc) is 3.21. The van der Waals surface area contributed by atoms with Crippen molar-refractivity contribution in [2.24, 2.45) is 0 Å². The molecule has 0 saturated carbocycles. The summed E-state index contributed by atoms with van der Waals surface area (Å²) in [5, 5.41) is 3.12. The van der Waals surface area contributed by atoms with Gasteiger partial charge in [0.15, 0.2) is 0 Å². The molecule has 0 atom stereocenters. The van der Waals surface area contributed by atoms with Gasteiger partial charge in [-0.25, -0.2) is 13.1 Å². The molecular weight excluding hydrogens is 400 g/mol. The molecule has 0 fully saturated rings. The lowest BCUT2D eigenvalue weighted by molar-refractivity contribution is -0.111. The molecule has 3 rings (SSSR count). The van der Waals surface area contributed by atoms with Crippen molar-refractivity contribution in [1.82, 2.24) is 4.72 Å². The fraction of sp³-hybridized carbons (Fsp3) is 0.0500. The third-order valence-electron chi connectivity index (χ3n) is 3.77. The predicted octanol–water partition coefficient (Wildman–Crippen LogP) is 4.06. The zero-order chi connectivity index (χ0) is 20.0. The van der Waals surface area contributed by atoms with Crippen LogP contribution in [0.3, 0.4) is 0 Å². The molecule has 0 aliphatic heterocycles. The largest absolute Gasteiger partial charge is 0.468 e. The number of anilines is 1. The van der Waals surface area contributed by atoms with Crippen molar-refractivity contribution >= 4 is 39.3 Å². The maximum absolute atomic E-state index is 12.3. The van der Waals surface area contributed by atoms with Crippen LogP contribution in [-0.2, 0) is 21.4 Å². The van der Waals surface area contributed by atoms with Gasteiger partial charge in [0.25, 0.3) is 0 Å². The molecule has 6 nitrogen and oxygen atoms in total. The van der Waals surface area contributed by atoms with Crippen molar-refractivity contribution < 1.29 is 17.6 Å². The van der Waals surface area contributed by atoms with Crippen molar-refractivity contribution in [2.75, 3.05) is 5.32 Å². The monoisotopic (exact) mass is 416 g/mol. The smallest absolute Gasteiger partial charge is 0.248 e. The second kappa shape index (κ2) is 8.88. The summed E-state index contributed by atoms with van der Waals surface area (Å²) in [7, 11) is -3.66. The molecule has 1 aromatic heterocycles. The van der Waals surface area contributed by atoms with Crippen LogP contribution in [0.4, 0.5) is 5.69 Å². The SMILES string of the molecule is O=C(C=Cc1ccc(S(=O)(=O)NCc2ccco2)cc1)Nc1ccccc1Cl. The van der Waals surface area contributed by atoms with Gasteiger partial charge in [0.1, 0.15) is 5.76 Å². The number of rotatable bonds is 7. The minimum Gasteiger partial charge on any atom is -0.468 e. The Labute approximate surface area is 167 Å². The molecule has 0 unspecified atom stereocenters. The van der Waals surface area contributed by atoms with Gasteiger partial charge in [0.05, 0.1) is 28.4 Å². The molecule has 0 aliphatic carbocycles. The van der Waals surface area contributed by atoms with Crippen molar-refractivity contribution in [3.63, 3.8) is 0 Å². The maximum Gasteiger partial charge on any atom is 0.248 e. The number of para-hydroxylation sites is 1. The van der Waals surface area contributed by atoms with Gasteiger partial charge in [0.2, 0.25) is 15.9 Å². The van der Waals surface area contributed by atoms with Gasteiger partial charge in [0, 0.05) is 6.08 Å². The summed E-state index contributed by atoms with van der Waals surface area (Å²) < 4.78 is 32.2. The Morgan fingerprint density at radius 1 is 1.04 bits per heavy atom. The van der Waals surface area contributed by atoms with E-state index in [2.05, 4.69) is 10.0 Å². The summed E-state index contributed by atoms with van der Waals surface area (Å²) in [6.07, 6.45) is 4.41. The highest BCUT2D eigenvalue weighted by Gasteiger charge is 2.14. The molecule has 2 N–H and O–H groups in total. The fourth-order valence-electron chi connectivity index (χ4n) is 2.33. The third kappa shape index (κ3) is 5.32. The van der Waals surface area contributed by atoms with Gasteiger partial charge < -0.3 is 9.73 Å². The van der Waals surface area contributed by atoms with Crippen LogP contribution in [0.15, 0.2) is 82.3 Å². The highest BCUT2D eigenvalue weighted by molar-refractivity contribution is 7.89. The first-order valence-corrected chi connectivity index (χ1v) is 10.2. The quantitative estimate of drug-likeness (QED) is 0.568. The third-order valence-corrected chi connectivity index (χ3v) is 5.51. The first-order chi connectivity index (χ1) is 13.4. The van der Waals surface area contributed by atoms with Gasteiger partial charge in [-0.3, -0.25) is 4.79 Å². The van der Waals surface area contributed by atoms with Crippen LogP contribution in [-0.4, -0.2) is 14.3 Å². The van der Waals surface area contributed by atoms with E-state index < -0.39 is 10.0 Å². The Morgan fingerprint density at radius 2 is 1.79 bits per heavy atom. The maximum atomic E-state index is 12.3. The Hall–Kier alpha value is -2.87. The number of hydrogen-bond donors (Lipinski definition) is 2. The van der Waals surface area contributed by atoms with Crippen LogP contribution in [0.25, 0.3) is 6.08 Å². The number of nitrogens with one attached hydrogen (secondary N) is 2. The van der Waals surface area contributed by atoms with Crippen LogP contribution < -0.4 is 10.0 Å². The van der Waals surface area contributed by atoms with E-state index in [0.29, 0.717) is 22.0 Å². The summed E-state index contributed by atoms with van der Waals surface area (Å²) in [6.45, 7) is 0.0687. The van der Waals surface area contributed by atoms with E-state index in [1.807, 2.05) is 0 Å². The number of carbonyl (C=O) groups is 1. The number of hydrogen-bond acceptors (Lipinski definition) is 4.